The Morgan fingerprint density at radius 2 is 1.61 bits per heavy atom. The normalized spacial score (nSPS) is 30.5. The third-order valence-electron chi connectivity index (χ3n) is 11.0. The van der Waals surface area contributed by atoms with E-state index in [9.17, 15) is 19.5 Å². The van der Waals surface area contributed by atoms with E-state index in [1.165, 1.54) is 0 Å². The zero-order valence-corrected chi connectivity index (χ0v) is 31.4. The van der Waals surface area contributed by atoms with E-state index in [0.29, 0.717) is 30.3 Å². The summed E-state index contributed by atoms with van der Waals surface area (Å²) in [5.74, 6) is -3.33. The van der Waals surface area contributed by atoms with Crippen LogP contribution in [0.5, 0.6) is 0 Å². The number of anilines is 1. The topological polar surface area (TPSA) is 117 Å². The first-order chi connectivity index (χ1) is 24.5. The molecule has 4 aliphatic rings. The molecule has 1 N–H and O–H groups in total. The molecular weight excluding hydrogens is 714 g/mol. The molecule has 4 heterocycles. The number of aryl methyl sites for hydroxylation is 2. The number of rotatable bonds is 8. The van der Waals surface area contributed by atoms with Crippen LogP contribution < -0.4 is 4.90 Å². The van der Waals surface area contributed by atoms with Gasteiger partial charge >= 0.3 is 5.97 Å². The summed E-state index contributed by atoms with van der Waals surface area (Å²) in [5, 5.41) is 9.33. The Kier molecular flexibility index (Phi) is 11.2. The highest BCUT2D eigenvalue weighted by atomic mass is 79.9. The Bertz CT molecular complexity index is 1690. The molecule has 0 radical (unpaired) electrons. The molecule has 1 spiro atoms. The third-order valence-corrected chi connectivity index (χ3v) is 11.7. The quantitative estimate of drug-likeness (QED) is 0.213. The maximum atomic E-state index is 15.2. The van der Waals surface area contributed by atoms with Gasteiger partial charge in [-0.25, -0.2) is 0 Å². The lowest BCUT2D eigenvalue weighted by molar-refractivity contribution is -0.164. The Morgan fingerprint density at radius 1 is 0.902 bits per heavy atom. The number of esters is 1. The van der Waals surface area contributed by atoms with Gasteiger partial charge in [-0.1, -0.05) is 89.5 Å². The first kappa shape index (κ1) is 37.0. The first-order valence-electron chi connectivity index (χ1n) is 18.0. The monoisotopic (exact) mass is 761 g/mol. The number of aliphatic hydroxyl groups excluding tert-OH is 1. The number of nitrogens with zero attached hydrogens (tertiary/aromatic N) is 3. The lowest BCUT2D eigenvalue weighted by atomic mass is 9.74. The number of likely N-dealkylation sites (N-methyl/N-ethyl adjacent to an activating group) is 1. The summed E-state index contributed by atoms with van der Waals surface area (Å²) in [6.45, 7) is 6.39. The SMILES string of the molecule is Cc1cccc(C)c1N1C/C=C\CCC(=O)N(C)[C@H](C)[C@@H](c2ccccc2)OC(=O)[C@@H]2[C@H]3O[C@@]4(C=C3Br)[C@H](C1=O)N(CCCCCCO)C(=O)[C@@H]24. The number of amides is 3. The fraction of sp³-hybridized carbons (Fsp3) is 0.500. The number of unbranched alkanes of at least 4 members (excludes halogenated alkanes) is 3. The molecule has 272 valence electrons. The van der Waals surface area contributed by atoms with E-state index in [-0.39, 0.29) is 37.3 Å². The van der Waals surface area contributed by atoms with Crippen molar-refractivity contribution in [2.45, 2.75) is 89.2 Å². The van der Waals surface area contributed by atoms with Crippen LogP contribution in [0.15, 0.2) is 71.2 Å². The highest BCUT2D eigenvalue weighted by Gasteiger charge is 2.75. The molecule has 7 atom stereocenters. The molecule has 0 saturated carbocycles. The maximum absolute atomic E-state index is 15.2. The van der Waals surface area contributed by atoms with Gasteiger partial charge in [-0.15, -0.1) is 0 Å². The minimum atomic E-state index is -1.40. The summed E-state index contributed by atoms with van der Waals surface area (Å²) in [6, 6.07) is 13.6. The number of hydrogen-bond acceptors (Lipinski definition) is 7. The van der Waals surface area contributed by atoms with Crippen molar-refractivity contribution >= 4 is 45.3 Å². The number of para-hydroxylation sites is 1. The Morgan fingerprint density at radius 3 is 2.31 bits per heavy atom. The van der Waals surface area contributed by atoms with Crippen LogP contribution in [-0.2, 0) is 28.7 Å². The zero-order valence-electron chi connectivity index (χ0n) is 29.8. The van der Waals surface area contributed by atoms with Gasteiger partial charge in [0.05, 0.1) is 12.0 Å². The molecule has 10 nitrogen and oxygen atoms in total. The molecule has 4 aliphatic heterocycles. The second kappa shape index (κ2) is 15.4. The molecule has 11 heteroatoms. The predicted molar refractivity (Wildman–Crippen MR) is 197 cm³/mol. The van der Waals surface area contributed by atoms with E-state index in [1.807, 2.05) is 87.5 Å². The van der Waals surface area contributed by atoms with Crippen molar-refractivity contribution in [3.05, 3.63) is 87.9 Å². The summed E-state index contributed by atoms with van der Waals surface area (Å²) in [5.41, 5.74) is 1.89. The van der Waals surface area contributed by atoms with Crippen LogP contribution in [0.25, 0.3) is 0 Å². The standard InChI is InChI=1S/C40H48BrN3O7/c1-25-16-15-17-26(2)33(25)43-21-13-8-11-20-30(46)42(4)27(3)34(28-18-9-7-10-19-28)50-39(49)31-32-37(47)44(22-12-5-6-14-23-45)36(38(43)48)40(32)24-29(41)35(31)51-40/h7-10,13,15-19,24,27,31-32,34-36,45H,5-6,11-12,14,20-23H2,1-4H3/b13-8-/t27-,31+,32-,34+,35+,36+,40-/m1/s1. The Balaban J connectivity index is 1.47. The summed E-state index contributed by atoms with van der Waals surface area (Å²) >= 11 is 3.66. The second-order valence-corrected chi connectivity index (χ2v) is 15.1. The van der Waals surface area contributed by atoms with Gasteiger partial charge in [0.2, 0.25) is 11.8 Å². The number of benzene rings is 2. The molecule has 6 rings (SSSR count). The van der Waals surface area contributed by atoms with Crippen LogP contribution in [0.1, 0.15) is 68.2 Å². The molecular formula is C40H48BrN3O7. The maximum Gasteiger partial charge on any atom is 0.313 e. The molecule has 0 aliphatic carbocycles. The van der Waals surface area contributed by atoms with E-state index in [2.05, 4.69) is 15.9 Å². The second-order valence-electron chi connectivity index (χ2n) is 14.2. The highest BCUT2D eigenvalue weighted by molar-refractivity contribution is 9.11. The molecule has 2 fully saturated rings. The molecule has 3 amide bonds. The van der Waals surface area contributed by atoms with E-state index in [0.717, 1.165) is 35.2 Å². The minimum absolute atomic E-state index is 0.0948. The number of aliphatic hydroxyl groups is 1. The van der Waals surface area contributed by atoms with Crippen molar-refractivity contribution in [3.8, 4) is 0 Å². The van der Waals surface area contributed by atoms with Crippen molar-refractivity contribution in [1.82, 2.24) is 9.80 Å². The molecule has 2 aromatic rings. The van der Waals surface area contributed by atoms with Gasteiger partial charge in [0.25, 0.3) is 5.91 Å². The van der Waals surface area contributed by atoms with Gasteiger partial charge in [-0.3, -0.25) is 19.2 Å². The number of fused-ring (bicyclic) bond motifs is 2. The van der Waals surface area contributed by atoms with E-state index < -0.39 is 47.7 Å². The number of halogens is 1. The van der Waals surface area contributed by atoms with Crippen LogP contribution in [0.3, 0.4) is 0 Å². The van der Waals surface area contributed by atoms with Gasteiger partial charge in [0.15, 0.2) is 0 Å². The van der Waals surface area contributed by atoms with Crippen LogP contribution in [-0.4, -0.2) is 89.1 Å². The van der Waals surface area contributed by atoms with Crippen molar-refractivity contribution in [2.75, 3.05) is 31.6 Å². The van der Waals surface area contributed by atoms with Crippen LogP contribution in [0, 0.1) is 25.7 Å². The van der Waals surface area contributed by atoms with Gasteiger partial charge in [0.1, 0.15) is 29.8 Å². The largest absolute Gasteiger partial charge is 0.455 e. The lowest BCUT2D eigenvalue weighted by Crippen LogP contribution is -2.56. The average molecular weight is 763 g/mol. The Labute approximate surface area is 308 Å². The fourth-order valence-corrected chi connectivity index (χ4v) is 9.06. The molecule has 0 unspecified atom stereocenters. The van der Waals surface area contributed by atoms with E-state index in [4.69, 9.17) is 9.47 Å². The number of hydrogen-bond donors (Lipinski definition) is 1. The van der Waals surface area contributed by atoms with Gasteiger partial charge in [0, 0.05) is 43.3 Å². The van der Waals surface area contributed by atoms with Gasteiger partial charge < -0.3 is 29.3 Å². The minimum Gasteiger partial charge on any atom is -0.455 e. The van der Waals surface area contributed by atoms with Crippen molar-refractivity contribution in [2.24, 2.45) is 11.8 Å². The molecule has 5 bridgehead atoms. The van der Waals surface area contributed by atoms with Crippen LogP contribution in [0.2, 0.25) is 0 Å². The molecule has 0 aromatic heterocycles. The number of cyclic esters (lactones) is 1. The van der Waals surface area contributed by atoms with E-state index in [1.54, 1.807) is 21.7 Å². The smallest absolute Gasteiger partial charge is 0.313 e. The number of carbonyl (C=O) groups excluding carboxylic acids is 4. The number of allylic oxidation sites excluding steroid dienone is 1. The summed E-state index contributed by atoms with van der Waals surface area (Å²) in [7, 11) is 1.72. The average Bonchev–Trinajstić information content (AvgIpc) is 3.71. The van der Waals surface area contributed by atoms with Crippen LogP contribution >= 0.6 is 15.9 Å². The Hall–Kier alpha value is -3.80. The van der Waals surface area contributed by atoms with Gasteiger partial charge in [-0.2, -0.15) is 0 Å². The first-order valence-corrected chi connectivity index (χ1v) is 18.8. The predicted octanol–water partition coefficient (Wildman–Crippen LogP) is 5.54. The summed E-state index contributed by atoms with van der Waals surface area (Å²) < 4.78 is 13.7. The lowest BCUT2D eigenvalue weighted by Gasteiger charge is -2.36. The number of likely N-dealkylation sites (tertiary alicyclic amines) is 1. The van der Waals surface area contributed by atoms with E-state index >= 15 is 4.79 Å². The zero-order chi connectivity index (χ0) is 36.4. The highest BCUT2D eigenvalue weighted by Crippen LogP contribution is 2.59. The third kappa shape index (κ3) is 6.80. The van der Waals surface area contributed by atoms with Gasteiger partial charge in [-0.05, 0) is 62.8 Å². The van der Waals surface area contributed by atoms with Crippen molar-refractivity contribution in [1.29, 1.82) is 0 Å². The van der Waals surface area contributed by atoms with Crippen molar-refractivity contribution < 1.29 is 33.8 Å². The molecule has 2 saturated heterocycles. The fourth-order valence-electron chi connectivity index (χ4n) is 8.33. The molecule has 2 aromatic carbocycles. The summed E-state index contributed by atoms with van der Waals surface area (Å²) in [6.07, 6.45) is 7.57. The van der Waals surface area contributed by atoms with Crippen molar-refractivity contribution in [3.63, 3.8) is 0 Å². The molecule has 51 heavy (non-hydrogen) atoms. The number of carbonyl (C=O) groups is 4. The van der Waals surface area contributed by atoms with Crippen LogP contribution in [0.4, 0.5) is 5.69 Å². The number of ether oxygens (including phenoxy) is 2. The summed E-state index contributed by atoms with van der Waals surface area (Å²) in [4.78, 5) is 63.0.